The number of aromatic nitrogens is 1. The summed E-state index contributed by atoms with van der Waals surface area (Å²) in [6.45, 7) is 8.53. The van der Waals surface area contributed by atoms with Crippen LogP contribution in [0.4, 0.5) is 10.5 Å². The van der Waals surface area contributed by atoms with Crippen molar-refractivity contribution in [2.24, 2.45) is 0 Å². The SMILES string of the molecule is CCN(CC)CCNC(=O)c1cccc(-c2ccccc2CCOc2ccc(NC(=O)NCc3cccnc3)cc2)c1. The second kappa shape index (κ2) is 15.9. The van der Waals surface area contributed by atoms with Crippen LogP contribution in [0.2, 0.25) is 0 Å². The predicted molar refractivity (Wildman–Crippen MR) is 168 cm³/mol. The van der Waals surface area contributed by atoms with Crippen LogP contribution in [0.15, 0.2) is 97.3 Å². The van der Waals surface area contributed by atoms with Gasteiger partial charge in [-0.2, -0.15) is 0 Å². The minimum atomic E-state index is -0.287. The van der Waals surface area contributed by atoms with E-state index in [1.54, 1.807) is 12.4 Å². The molecular weight excluding hydrogens is 526 g/mol. The fraction of sp³-hybridized carbons (Fsp3) is 0.265. The third kappa shape index (κ3) is 9.17. The maximum Gasteiger partial charge on any atom is 0.319 e. The zero-order valence-corrected chi connectivity index (χ0v) is 24.3. The minimum Gasteiger partial charge on any atom is -0.493 e. The van der Waals surface area contributed by atoms with Crippen molar-refractivity contribution in [3.63, 3.8) is 0 Å². The number of amides is 3. The van der Waals surface area contributed by atoms with Gasteiger partial charge in [0, 0.05) is 49.7 Å². The van der Waals surface area contributed by atoms with Gasteiger partial charge in [-0.15, -0.1) is 0 Å². The molecule has 0 radical (unpaired) electrons. The van der Waals surface area contributed by atoms with Crippen molar-refractivity contribution in [2.45, 2.75) is 26.8 Å². The zero-order chi connectivity index (χ0) is 29.6. The van der Waals surface area contributed by atoms with Crippen LogP contribution in [0.5, 0.6) is 5.75 Å². The Balaban J connectivity index is 1.28. The molecule has 3 N–H and O–H groups in total. The number of pyridine rings is 1. The van der Waals surface area contributed by atoms with E-state index in [-0.39, 0.29) is 11.9 Å². The summed E-state index contributed by atoms with van der Waals surface area (Å²) in [5.41, 5.74) is 5.47. The molecule has 0 spiro atoms. The summed E-state index contributed by atoms with van der Waals surface area (Å²) in [6, 6.07) is 26.7. The molecule has 0 unspecified atom stereocenters. The third-order valence-electron chi connectivity index (χ3n) is 6.99. The van der Waals surface area contributed by atoms with E-state index in [1.165, 1.54) is 0 Å². The number of anilines is 1. The van der Waals surface area contributed by atoms with Crippen LogP contribution < -0.4 is 20.7 Å². The largest absolute Gasteiger partial charge is 0.493 e. The Labute approximate surface area is 248 Å². The first kappa shape index (κ1) is 30.3. The highest BCUT2D eigenvalue weighted by Gasteiger charge is 2.10. The van der Waals surface area contributed by atoms with Crippen LogP contribution in [-0.2, 0) is 13.0 Å². The molecule has 0 saturated carbocycles. The highest BCUT2D eigenvalue weighted by atomic mass is 16.5. The number of nitrogens with zero attached hydrogens (tertiary/aromatic N) is 2. The Bertz CT molecular complexity index is 1420. The molecule has 218 valence electrons. The molecule has 1 aromatic heterocycles. The number of nitrogens with one attached hydrogen (secondary N) is 3. The van der Waals surface area contributed by atoms with Crippen LogP contribution in [0.25, 0.3) is 11.1 Å². The number of ether oxygens (including phenoxy) is 1. The van der Waals surface area contributed by atoms with E-state index in [9.17, 15) is 9.59 Å². The summed E-state index contributed by atoms with van der Waals surface area (Å²) in [7, 11) is 0. The lowest BCUT2D eigenvalue weighted by atomic mass is 9.96. The minimum absolute atomic E-state index is 0.0614. The van der Waals surface area contributed by atoms with Crippen LogP contribution in [0, 0.1) is 0 Å². The number of carbonyl (C=O) groups is 2. The lowest BCUT2D eigenvalue weighted by Gasteiger charge is -2.18. The summed E-state index contributed by atoms with van der Waals surface area (Å²) in [6.07, 6.45) is 4.12. The molecule has 4 aromatic rings. The zero-order valence-electron chi connectivity index (χ0n) is 24.3. The van der Waals surface area contributed by atoms with Crippen molar-refractivity contribution < 1.29 is 14.3 Å². The highest BCUT2D eigenvalue weighted by molar-refractivity contribution is 5.95. The molecule has 0 atom stereocenters. The molecule has 0 bridgehead atoms. The van der Waals surface area contributed by atoms with Crippen molar-refractivity contribution >= 4 is 17.6 Å². The van der Waals surface area contributed by atoms with Crippen molar-refractivity contribution in [1.29, 1.82) is 0 Å². The number of carbonyl (C=O) groups excluding carboxylic acids is 2. The summed E-state index contributed by atoms with van der Waals surface area (Å²) in [4.78, 5) is 31.3. The number of hydrogen-bond donors (Lipinski definition) is 3. The first-order chi connectivity index (χ1) is 20.6. The topological polar surface area (TPSA) is 95.6 Å². The molecule has 8 nitrogen and oxygen atoms in total. The lowest BCUT2D eigenvalue weighted by molar-refractivity contribution is 0.0949. The Morgan fingerprint density at radius 1 is 0.881 bits per heavy atom. The maximum absolute atomic E-state index is 12.8. The molecule has 3 aromatic carbocycles. The molecule has 8 heteroatoms. The number of hydrogen-bond acceptors (Lipinski definition) is 5. The van der Waals surface area contributed by atoms with Gasteiger partial charge in [-0.25, -0.2) is 4.79 Å². The Morgan fingerprint density at radius 3 is 2.45 bits per heavy atom. The van der Waals surface area contributed by atoms with Gasteiger partial charge in [-0.05, 0) is 77.8 Å². The van der Waals surface area contributed by atoms with Crippen LogP contribution in [0.1, 0.15) is 35.3 Å². The second-order valence-electron chi connectivity index (χ2n) is 9.81. The van der Waals surface area contributed by atoms with E-state index in [0.717, 1.165) is 47.6 Å². The monoisotopic (exact) mass is 565 g/mol. The van der Waals surface area contributed by atoms with Gasteiger partial charge in [0.1, 0.15) is 5.75 Å². The molecule has 0 saturated heterocycles. The number of benzene rings is 3. The van der Waals surface area contributed by atoms with Crippen LogP contribution in [-0.4, -0.2) is 54.6 Å². The van der Waals surface area contributed by atoms with Crippen molar-refractivity contribution in [1.82, 2.24) is 20.5 Å². The number of urea groups is 1. The Morgan fingerprint density at radius 2 is 1.69 bits per heavy atom. The van der Waals surface area contributed by atoms with Gasteiger partial charge in [0.05, 0.1) is 6.61 Å². The third-order valence-corrected chi connectivity index (χ3v) is 6.99. The molecule has 0 aliphatic heterocycles. The molecule has 3 amide bonds. The van der Waals surface area contributed by atoms with E-state index in [0.29, 0.717) is 37.4 Å². The first-order valence-electron chi connectivity index (χ1n) is 14.4. The fourth-order valence-electron chi connectivity index (χ4n) is 4.59. The van der Waals surface area contributed by atoms with E-state index >= 15 is 0 Å². The first-order valence-corrected chi connectivity index (χ1v) is 14.4. The Kier molecular flexibility index (Phi) is 11.5. The molecule has 42 heavy (non-hydrogen) atoms. The summed E-state index contributed by atoms with van der Waals surface area (Å²) in [5.74, 6) is 0.658. The van der Waals surface area contributed by atoms with E-state index in [2.05, 4.69) is 51.8 Å². The normalized spacial score (nSPS) is 10.7. The molecule has 1 heterocycles. The van der Waals surface area contributed by atoms with Gasteiger partial charge in [-0.3, -0.25) is 9.78 Å². The average molecular weight is 566 g/mol. The molecule has 0 fully saturated rings. The average Bonchev–Trinajstić information content (AvgIpc) is 3.03. The smallest absolute Gasteiger partial charge is 0.319 e. The van der Waals surface area contributed by atoms with Gasteiger partial charge in [0.15, 0.2) is 0 Å². The predicted octanol–water partition coefficient (Wildman–Crippen LogP) is 5.76. The quantitative estimate of drug-likeness (QED) is 0.181. The van der Waals surface area contributed by atoms with Gasteiger partial charge in [0.25, 0.3) is 5.91 Å². The standard InChI is InChI=1S/C34H39N5O3/c1-3-39(4-2)21-20-36-33(40)29-12-7-11-28(23-29)32-13-6-5-10-27(32)18-22-42-31-16-14-30(15-17-31)38-34(41)37-25-26-9-8-19-35-24-26/h5-17,19,23-24H,3-4,18,20-22,25H2,1-2H3,(H,36,40)(H2,37,38,41). The summed E-state index contributed by atoms with van der Waals surface area (Å²) < 4.78 is 6.01. The van der Waals surface area contributed by atoms with Crippen molar-refractivity contribution in [3.8, 4) is 16.9 Å². The van der Waals surface area contributed by atoms with Gasteiger partial charge in [0.2, 0.25) is 0 Å². The van der Waals surface area contributed by atoms with Gasteiger partial charge in [-0.1, -0.05) is 56.3 Å². The van der Waals surface area contributed by atoms with E-state index in [1.807, 2.05) is 72.8 Å². The second-order valence-corrected chi connectivity index (χ2v) is 9.81. The van der Waals surface area contributed by atoms with Gasteiger partial charge < -0.3 is 25.6 Å². The number of likely N-dealkylation sites (N-methyl/N-ethyl adjacent to an activating group) is 1. The van der Waals surface area contributed by atoms with Gasteiger partial charge >= 0.3 is 6.03 Å². The highest BCUT2D eigenvalue weighted by Crippen LogP contribution is 2.25. The fourth-order valence-corrected chi connectivity index (χ4v) is 4.59. The van der Waals surface area contributed by atoms with E-state index in [4.69, 9.17) is 4.74 Å². The van der Waals surface area contributed by atoms with Crippen molar-refractivity contribution in [2.75, 3.05) is 38.1 Å². The molecule has 0 aliphatic carbocycles. The summed E-state index contributed by atoms with van der Waals surface area (Å²) in [5, 5.41) is 8.68. The Hall–Kier alpha value is -4.69. The molecule has 4 rings (SSSR count). The lowest BCUT2D eigenvalue weighted by Crippen LogP contribution is -2.34. The molecular formula is C34H39N5O3. The van der Waals surface area contributed by atoms with E-state index < -0.39 is 0 Å². The summed E-state index contributed by atoms with van der Waals surface area (Å²) >= 11 is 0. The number of rotatable bonds is 14. The molecule has 0 aliphatic rings. The van der Waals surface area contributed by atoms with Crippen LogP contribution >= 0.6 is 0 Å². The maximum atomic E-state index is 12.8. The van der Waals surface area contributed by atoms with Crippen LogP contribution in [0.3, 0.4) is 0 Å². The van der Waals surface area contributed by atoms with Crippen molar-refractivity contribution in [3.05, 3.63) is 114 Å².